The first-order valence-electron chi connectivity index (χ1n) is 12.5. The van der Waals surface area contributed by atoms with Crippen LogP contribution in [-0.4, -0.2) is 25.6 Å². The topological polar surface area (TPSA) is 50.4 Å². The van der Waals surface area contributed by atoms with E-state index in [1.807, 2.05) is 31.2 Å². The van der Waals surface area contributed by atoms with Gasteiger partial charge in [0.25, 0.3) is 0 Å². The summed E-state index contributed by atoms with van der Waals surface area (Å²) in [6, 6.07) is 7.70. The number of amides is 1. The molecule has 30 heavy (non-hydrogen) atoms. The normalized spacial score (nSPS) is 10.7. The maximum atomic E-state index is 11.9. The third-order valence-corrected chi connectivity index (χ3v) is 5.47. The van der Waals surface area contributed by atoms with Crippen molar-refractivity contribution in [1.82, 2.24) is 5.32 Å². The zero-order valence-electron chi connectivity index (χ0n) is 19.6. The lowest BCUT2D eigenvalue weighted by Crippen LogP contribution is -2.30. The second kappa shape index (κ2) is 19.3. The van der Waals surface area contributed by atoms with E-state index in [4.69, 9.17) is 4.74 Å². The molecule has 0 radical (unpaired) electrons. The van der Waals surface area contributed by atoms with Crippen molar-refractivity contribution in [2.75, 3.05) is 25.0 Å². The molecule has 0 heterocycles. The van der Waals surface area contributed by atoms with Gasteiger partial charge in [-0.1, -0.05) is 90.4 Å². The molecule has 4 nitrogen and oxygen atoms in total. The first-order valence-corrected chi connectivity index (χ1v) is 12.5. The van der Waals surface area contributed by atoms with Gasteiger partial charge in [0.1, 0.15) is 5.75 Å². The van der Waals surface area contributed by atoms with Crippen molar-refractivity contribution in [1.29, 1.82) is 0 Å². The highest BCUT2D eigenvalue weighted by Gasteiger charge is 2.01. The molecule has 2 N–H and O–H groups in total. The van der Waals surface area contributed by atoms with Crippen molar-refractivity contribution < 1.29 is 9.53 Å². The molecule has 1 amide bonds. The zero-order chi connectivity index (χ0) is 21.7. The Hall–Kier alpha value is -1.71. The number of carbonyl (C=O) groups excluding carboxylic acids is 1. The number of unbranched alkanes of at least 4 members (excludes halogenated alkanes) is 13. The van der Waals surface area contributed by atoms with Gasteiger partial charge in [0.05, 0.1) is 13.2 Å². The third-order valence-electron chi connectivity index (χ3n) is 5.47. The van der Waals surface area contributed by atoms with Crippen LogP contribution in [0.5, 0.6) is 5.75 Å². The molecule has 0 aliphatic heterocycles. The molecule has 0 atom stereocenters. The van der Waals surface area contributed by atoms with Gasteiger partial charge in [0.15, 0.2) is 0 Å². The van der Waals surface area contributed by atoms with Crippen LogP contribution in [0, 0.1) is 0 Å². The summed E-state index contributed by atoms with van der Waals surface area (Å²) in [5.41, 5.74) is 0.935. The predicted octanol–water partition coefficient (Wildman–Crippen LogP) is 7.09. The molecule has 0 saturated carbocycles. The Morgan fingerprint density at radius 2 is 1.23 bits per heavy atom. The van der Waals surface area contributed by atoms with Crippen LogP contribution in [0.15, 0.2) is 24.3 Å². The summed E-state index contributed by atoms with van der Waals surface area (Å²) in [6.07, 6.45) is 19.0. The molecule has 1 rings (SSSR count). The Balaban J connectivity index is 1.84. The van der Waals surface area contributed by atoms with Crippen LogP contribution >= 0.6 is 0 Å². The second-order valence-corrected chi connectivity index (χ2v) is 8.26. The molecule has 0 fully saturated rings. The van der Waals surface area contributed by atoms with Crippen LogP contribution < -0.4 is 15.4 Å². The average Bonchev–Trinajstić information content (AvgIpc) is 2.76. The Morgan fingerprint density at radius 1 is 0.733 bits per heavy atom. The van der Waals surface area contributed by atoms with Crippen LogP contribution in [-0.2, 0) is 4.79 Å². The van der Waals surface area contributed by atoms with E-state index in [0.717, 1.165) is 24.4 Å². The van der Waals surface area contributed by atoms with Crippen LogP contribution in [0.1, 0.15) is 104 Å². The number of anilines is 1. The van der Waals surface area contributed by atoms with E-state index in [9.17, 15) is 4.79 Å². The standard InChI is InChI=1S/C26H46N2O2/c1-3-5-6-7-8-9-10-11-12-13-14-15-16-17-22-27-26(29)23-28-24-18-20-25(21-19-24)30-4-2/h18-21,28H,3-17,22-23H2,1-2H3,(H,27,29). The Morgan fingerprint density at radius 3 is 1.73 bits per heavy atom. The van der Waals surface area contributed by atoms with Gasteiger partial charge in [-0.3, -0.25) is 4.79 Å². The molecule has 0 spiro atoms. The SMILES string of the molecule is CCCCCCCCCCCCCCCCNC(=O)CNc1ccc(OCC)cc1. The van der Waals surface area contributed by atoms with Crippen LogP contribution in [0.25, 0.3) is 0 Å². The van der Waals surface area contributed by atoms with Crippen molar-refractivity contribution in [2.24, 2.45) is 0 Å². The predicted molar refractivity (Wildman–Crippen MR) is 129 cm³/mol. The fourth-order valence-corrected chi connectivity index (χ4v) is 3.63. The lowest BCUT2D eigenvalue weighted by molar-refractivity contribution is -0.119. The van der Waals surface area contributed by atoms with E-state index in [1.165, 1.54) is 83.5 Å². The highest BCUT2D eigenvalue weighted by atomic mass is 16.5. The number of benzene rings is 1. The number of hydrogen-bond donors (Lipinski definition) is 2. The fourth-order valence-electron chi connectivity index (χ4n) is 3.63. The van der Waals surface area contributed by atoms with Crippen LogP contribution in [0.4, 0.5) is 5.69 Å². The summed E-state index contributed by atoms with van der Waals surface area (Å²) in [5.74, 6) is 0.906. The minimum Gasteiger partial charge on any atom is -0.494 e. The van der Waals surface area contributed by atoms with E-state index in [-0.39, 0.29) is 5.91 Å². The maximum Gasteiger partial charge on any atom is 0.239 e. The molecule has 1 aromatic carbocycles. The molecule has 0 unspecified atom stereocenters. The average molecular weight is 419 g/mol. The number of ether oxygens (including phenoxy) is 1. The molecular weight excluding hydrogens is 372 g/mol. The van der Waals surface area contributed by atoms with Crippen molar-refractivity contribution in [3.63, 3.8) is 0 Å². The summed E-state index contributed by atoms with van der Waals surface area (Å²) in [4.78, 5) is 11.9. The number of rotatable bonds is 20. The van der Waals surface area contributed by atoms with Gasteiger partial charge in [-0.2, -0.15) is 0 Å². The number of carbonyl (C=O) groups is 1. The second-order valence-electron chi connectivity index (χ2n) is 8.26. The highest BCUT2D eigenvalue weighted by molar-refractivity contribution is 5.80. The lowest BCUT2D eigenvalue weighted by atomic mass is 10.0. The minimum atomic E-state index is 0.0542. The summed E-state index contributed by atoms with van der Waals surface area (Å²) in [5, 5.41) is 6.15. The molecule has 0 aromatic heterocycles. The highest BCUT2D eigenvalue weighted by Crippen LogP contribution is 2.15. The first kappa shape index (κ1) is 26.3. The first-order chi connectivity index (χ1) is 14.8. The molecule has 4 heteroatoms. The van der Waals surface area contributed by atoms with E-state index in [2.05, 4.69) is 17.6 Å². The summed E-state index contributed by atoms with van der Waals surface area (Å²) >= 11 is 0. The maximum absolute atomic E-state index is 11.9. The Bertz CT molecular complexity index is 516. The summed E-state index contributed by atoms with van der Waals surface area (Å²) < 4.78 is 5.42. The molecular formula is C26H46N2O2. The molecule has 0 aliphatic rings. The van der Waals surface area contributed by atoms with Crippen LogP contribution in [0.3, 0.4) is 0 Å². The molecule has 0 saturated heterocycles. The fraction of sp³-hybridized carbons (Fsp3) is 0.731. The molecule has 172 valence electrons. The number of nitrogens with one attached hydrogen (secondary N) is 2. The number of hydrogen-bond acceptors (Lipinski definition) is 3. The minimum absolute atomic E-state index is 0.0542. The van der Waals surface area contributed by atoms with E-state index in [1.54, 1.807) is 0 Å². The van der Waals surface area contributed by atoms with E-state index in [0.29, 0.717) is 13.2 Å². The quantitative estimate of drug-likeness (QED) is 0.222. The van der Waals surface area contributed by atoms with Crippen molar-refractivity contribution in [2.45, 2.75) is 104 Å². The van der Waals surface area contributed by atoms with Gasteiger partial charge in [-0.25, -0.2) is 0 Å². The van der Waals surface area contributed by atoms with Gasteiger partial charge in [-0.05, 0) is 37.6 Å². The smallest absolute Gasteiger partial charge is 0.239 e. The van der Waals surface area contributed by atoms with Gasteiger partial charge >= 0.3 is 0 Å². The lowest BCUT2D eigenvalue weighted by Gasteiger charge is -2.09. The zero-order valence-corrected chi connectivity index (χ0v) is 19.6. The van der Waals surface area contributed by atoms with Gasteiger partial charge in [-0.15, -0.1) is 0 Å². The molecule has 0 aliphatic carbocycles. The Kier molecular flexibility index (Phi) is 16.9. The summed E-state index contributed by atoms with van der Waals surface area (Å²) in [7, 11) is 0. The third kappa shape index (κ3) is 15.2. The van der Waals surface area contributed by atoms with Crippen molar-refractivity contribution in [3.8, 4) is 5.75 Å². The largest absolute Gasteiger partial charge is 0.494 e. The van der Waals surface area contributed by atoms with Gasteiger partial charge in [0.2, 0.25) is 5.91 Å². The molecule has 1 aromatic rings. The van der Waals surface area contributed by atoms with Crippen molar-refractivity contribution in [3.05, 3.63) is 24.3 Å². The molecule has 0 bridgehead atoms. The van der Waals surface area contributed by atoms with Crippen molar-refractivity contribution >= 4 is 11.6 Å². The van der Waals surface area contributed by atoms with E-state index >= 15 is 0 Å². The monoisotopic (exact) mass is 418 g/mol. The van der Waals surface area contributed by atoms with Gasteiger partial charge in [0, 0.05) is 12.2 Å². The summed E-state index contributed by atoms with van der Waals surface area (Å²) in [6.45, 7) is 6.00. The Labute approximate surface area is 185 Å². The van der Waals surface area contributed by atoms with Gasteiger partial charge < -0.3 is 15.4 Å². The van der Waals surface area contributed by atoms with E-state index < -0.39 is 0 Å². The van der Waals surface area contributed by atoms with Crippen LogP contribution in [0.2, 0.25) is 0 Å².